The molecule has 0 unspecified atom stereocenters. The van der Waals surface area contributed by atoms with Gasteiger partial charge in [-0.25, -0.2) is 0 Å². The quantitative estimate of drug-likeness (QED) is 0.867. The summed E-state index contributed by atoms with van der Waals surface area (Å²) in [5.74, 6) is -0.0262. The lowest BCUT2D eigenvalue weighted by Crippen LogP contribution is -2.44. The minimum Gasteiger partial charge on any atom is -0.337 e. The summed E-state index contributed by atoms with van der Waals surface area (Å²) in [6, 6.07) is 3.23. The van der Waals surface area contributed by atoms with E-state index >= 15 is 0 Å². The highest BCUT2D eigenvalue weighted by molar-refractivity contribution is 6.42. The normalized spacial score (nSPS) is 15.7. The maximum Gasteiger partial charge on any atom is 0.239 e. The zero-order chi connectivity index (χ0) is 12.6. The van der Waals surface area contributed by atoms with Crippen LogP contribution in [0.25, 0.3) is 0 Å². The Morgan fingerprint density at radius 1 is 1.44 bits per heavy atom. The Morgan fingerprint density at radius 3 is 2.72 bits per heavy atom. The average molecular weight is 310 g/mol. The monoisotopic (exact) mass is 308 g/mol. The van der Waals surface area contributed by atoms with E-state index in [4.69, 9.17) is 28.9 Å². The Kier molecular flexibility index (Phi) is 5.29. The third-order valence-electron chi connectivity index (χ3n) is 2.99. The van der Waals surface area contributed by atoms with Crippen LogP contribution in [-0.2, 0) is 17.8 Å². The number of halogens is 3. The number of hydrogen-bond donors (Lipinski definition) is 1. The highest BCUT2D eigenvalue weighted by atomic mass is 35.5. The highest BCUT2D eigenvalue weighted by Gasteiger charge is 2.24. The van der Waals surface area contributed by atoms with Gasteiger partial charge in [0.15, 0.2) is 0 Å². The molecule has 0 spiro atoms. The van der Waals surface area contributed by atoms with Crippen molar-refractivity contribution in [2.45, 2.75) is 25.9 Å². The molecular formula is C12H15Cl3N2O. The molecular weight excluding hydrogens is 295 g/mol. The van der Waals surface area contributed by atoms with Gasteiger partial charge in [-0.2, -0.15) is 0 Å². The molecule has 0 bridgehead atoms. The molecule has 1 aliphatic heterocycles. The first kappa shape index (κ1) is 15.6. The molecule has 1 aromatic rings. The largest absolute Gasteiger partial charge is 0.337 e. The van der Waals surface area contributed by atoms with Crippen molar-refractivity contribution in [2.24, 2.45) is 5.73 Å². The number of hydrogen-bond acceptors (Lipinski definition) is 2. The number of rotatable bonds is 1. The Balaban J connectivity index is 0.00000162. The van der Waals surface area contributed by atoms with Gasteiger partial charge in [0.2, 0.25) is 5.91 Å². The number of nitrogens with two attached hydrogens (primary N) is 1. The number of nitrogens with zero attached hydrogens (tertiary/aromatic N) is 1. The minimum absolute atomic E-state index is 0. The maximum absolute atomic E-state index is 11.8. The standard InChI is InChI=1S/C12H14Cl2N2O.ClH/c1-7(15)12(17)16-5-4-9-8(6-16)2-3-10(13)11(9)14;/h2-3,7H,4-6,15H2,1H3;1H/t7-;/m1./s1. The van der Waals surface area contributed by atoms with Crippen LogP contribution in [0.4, 0.5) is 0 Å². The van der Waals surface area contributed by atoms with E-state index < -0.39 is 6.04 Å². The van der Waals surface area contributed by atoms with Crippen LogP contribution < -0.4 is 5.73 Å². The van der Waals surface area contributed by atoms with Crippen LogP contribution >= 0.6 is 35.6 Å². The molecule has 0 radical (unpaired) electrons. The van der Waals surface area contributed by atoms with Crippen molar-refractivity contribution in [1.82, 2.24) is 4.90 Å². The van der Waals surface area contributed by atoms with Gasteiger partial charge in [0, 0.05) is 13.1 Å². The number of carbonyl (C=O) groups is 1. The second-order valence-electron chi connectivity index (χ2n) is 4.30. The number of fused-ring (bicyclic) bond motifs is 1. The topological polar surface area (TPSA) is 46.3 Å². The Morgan fingerprint density at radius 2 is 2.11 bits per heavy atom. The number of amides is 1. The van der Waals surface area contributed by atoms with E-state index in [9.17, 15) is 4.79 Å². The molecule has 1 aromatic carbocycles. The summed E-state index contributed by atoms with van der Waals surface area (Å²) in [6.45, 7) is 2.91. The molecule has 1 aliphatic rings. The van der Waals surface area contributed by atoms with E-state index in [1.807, 2.05) is 6.07 Å². The van der Waals surface area contributed by atoms with Crippen LogP contribution in [-0.4, -0.2) is 23.4 Å². The summed E-state index contributed by atoms with van der Waals surface area (Å²) in [4.78, 5) is 13.6. The molecule has 2 N–H and O–H groups in total. The van der Waals surface area contributed by atoms with E-state index in [0.29, 0.717) is 23.1 Å². The van der Waals surface area contributed by atoms with Gasteiger partial charge in [-0.05, 0) is 30.5 Å². The molecule has 0 aromatic heterocycles. The van der Waals surface area contributed by atoms with Crippen LogP contribution in [0.3, 0.4) is 0 Å². The third-order valence-corrected chi connectivity index (χ3v) is 3.83. The first-order chi connectivity index (χ1) is 8.00. The zero-order valence-corrected chi connectivity index (χ0v) is 12.3. The average Bonchev–Trinajstić information content (AvgIpc) is 2.32. The van der Waals surface area contributed by atoms with Crippen LogP contribution in [0.5, 0.6) is 0 Å². The summed E-state index contributed by atoms with van der Waals surface area (Å²) < 4.78 is 0. The fraction of sp³-hybridized carbons (Fsp3) is 0.417. The van der Waals surface area contributed by atoms with E-state index in [2.05, 4.69) is 0 Å². The predicted molar refractivity (Wildman–Crippen MR) is 76.5 cm³/mol. The van der Waals surface area contributed by atoms with Crippen LogP contribution in [0.15, 0.2) is 12.1 Å². The van der Waals surface area contributed by atoms with Crippen molar-refractivity contribution >= 4 is 41.5 Å². The molecule has 6 heteroatoms. The molecule has 0 saturated carbocycles. The highest BCUT2D eigenvalue weighted by Crippen LogP contribution is 2.32. The molecule has 1 heterocycles. The van der Waals surface area contributed by atoms with Crippen molar-refractivity contribution in [3.05, 3.63) is 33.3 Å². The van der Waals surface area contributed by atoms with Gasteiger partial charge in [0.25, 0.3) is 0 Å². The fourth-order valence-electron chi connectivity index (χ4n) is 2.06. The van der Waals surface area contributed by atoms with Crippen LogP contribution in [0.2, 0.25) is 10.0 Å². The molecule has 2 rings (SSSR count). The summed E-state index contributed by atoms with van der Waals surface area (Å²) in [5, 5.41) is 1.18. The second-order valence-corrected chi connectivity index (χ2v) is 5.08. The number of benzene rings is 1. The van der Waals surface area contributed by atoms with E-state index in [-0.39, 0.29) is 18.3 Å². The van der Waals surface area contributed by atoms with Gasteiger partial charge >= 0.3 is 0 Å². The van der Waals surface area contributed by atoms with Crippen molar-refractivity contribution in [3.8, 4) is 0 Å². The molecule has 0 saturated heterocycles. The molecule has 3 nitrogen and oxygen atoms in total. The van der Waals surface area contributed by atoms with Gasteiger partial charge in [-0.3, -0.25) is 4.79 Å². The van der Waals surface area contributed by atoms with Crippen molar-refractivity contribution in [2.75, 3.05) is 6.54 Å². The molecule has 18 heavy (non-hydrogen) atoms. The van der Waals surface area contributed by atoms with Crippen molar-refractivity contribution in [3.63, 3.8) is 0 Å². The lowest BCUT2D eigenvalue weighted by Gasteiger charge is -2.30. The second kappa shape index (κ2) is 6.11. The summed E-state index contributed by atoms with van der Waals surface area (Å²) in [7, 11) is 0. The van der Waals surface area contributed by atoms with E-state index in [1.54, 1.807) is 17.9 Å². The molecule has 0 fully saturated rings. The lowest BCUT2D eigenvalue weighted by atomic mass is 9.99. The van der Waals surface area contributed by atoms with Gasteiger partial charge in [0.1, 0.15) is 0 Å². The maximum atomic E-state index is 11.8. The SMILES string of the molecule is C[C@@H](N)C(=O)N1CCc2c(ccc(Cl)c2Cl)C1.Cl. The summed E-state index contributed by atoms with van der Waals surface area (Å²) in [5.41, 5.74) is 7.71. The van der Waals surface area contributed by atoms with Crippen LogP contribution in [0.1, 0.15) is 18.1 Å². The minimum atomic E-state index is -0.459. The third kappa shape index (κ3) is 2.91. The van der Waals surface area contributed by atoms with Gasteiger partial charge in [0.05, 0.1) is 16.1 Å². The molecule has 0 aliphatic carbocycles. The van der Waals surface area contributed by atoms with E-state index in [0.717, 1.165) is 17.5 Å². The zero-order valence-electron chi connectivity index (χ0n) is 9.95. The van der Waals surface area contributed by atoms with Gasteiger partial charge < -0.3 is 10.6 Å². The van der Waals surface area contributed by atoms with Crippen LogP contribution in [0, 0.1) is 0 Å². The van der Waals surface area contributed by atoms with Gasteiger partial charge in [-0.15, -0.1) is 12.4 Å². The fourth-order valence-corrected chi connectivity index (χ4v) is 2.51. The summed E-state index contributed by atoms with van der Waals surface area (Å²) in [6.07, 6.45) is 0.729. The first-order valence-corrected chi connectivity index (χ1v) is 6.26. The summed E-state index contributed by atoms with van der Waals surface area (Å²) >= 11 is 12.1. The number of carbonyl (C=O) groups excluding carboxylic acids is 1. The van der Waals surface area contributed by atoms with E-state index in [1.165, 1.54) is 0 Å². The molecule has 100 valence electrons. The Bertz CT molecular complexity index is 463. The predicted octanol–water partition coefficient (Wildman–Crippen LogP) is 2.65. The van der Waals surface area contributed by atoms with Gasteiger partial charge in [-0.1, -0.05) is 29.3 Å². The molecule has 1 atom stereocenters. The Hall–Kier alpha value is -0.480. The first-order valence-electron chi connectivity index (χ1n) is 5.51. The smallest absolute Gasteiger partial charge is 0.239 e. The van der Waals surface area contributed by atoms with Crippen molar-refractivity contribution < 1.29 is 4.79 Å². The Labute approximate surface area is 123 Å². The molecule has 1 amide bonds. The van der Waals surface area contributed by atoms with Crippen molar-refractivity contribution in [1.29, 1.82) is 0 Å². The lowest BCUT2D eigenvalue weighted by molar-refractivity contribution is -0.133.